The van der Waals surface area contributed by atoms with Gasteiger partial charge in [-0.1, -0.05) is 24.3 Å². The van der Waals surface area contributed by atoms with Crippen molar-refractivity contribution in [3.05, 3.63) is 35.4 Å². The molecule has 1 heterocycles. The fourth-order valence-electron chi connectivity index (χ4n) is 2.80. The third kappa shape index (κ3) is 3.86. The molecule has 22 heavy (non-hydrogen) atoms. The summed E-state index contributed by atoms with van der Waals surface area (Å²) in [6.45, 7) is 9.77. The van der Waals surface area contributed by atoms with Crippen molar-refractivity contribution in [2.24, 2.45) is 5.41 Å². The minimum atomic E-state index is -0.925. The van der Waals surface area contributed by atoms with Gasteiger partial charge in [0, 0.05) is 32.7 Å². The maximum atomic E-state index is 12.4. The van der Waals surface area contributed by atoms with Gasteiger partial charge in [0.25, 0.3) is 0 Å². The van der Waals surface area contributed by atoms with Crippen LogP contribution in [-0.4, -0.2) is 41.9 Å². The lowest BCUT2D eigenvalue weighted by atomic mass is 9.94. The molecular weight excluding hydrogens is 274 g/mol. The van der Waals surface area contributed by atoms with Gasteiger partial charge >= 0.3 is 0 Å². The second kappa shape index (κ2) is 6.93. The molecule has 0 atom stereocenters. The van der Waals surface area contributed by atoms with E-state index in [-0.39, 0.29) is 5.91 Å². The second-order valence-electron chi connectivity index (χ2n) is 6.59. The number of nitriles is 1. The third-order valence-corrected chi connectivity index (χ3v) is 4.35. The molecule has 2 rings (SSSR count). The van der Waals surface area contributed by atoms with E-state index in [2.05, 4.69) is 42.2 Å². The van der Waals surface area contributed by atoms with Crippen LogP contribution < -0.4 is 0 Å². The van der Waals surface area contributed by atoms with Crippen molar-refractivity contribution < 1.29 is 4.79 Å². The van der Waals surface area contributed by atoms with Crippen LogP contribution in [0.4, 0.5) is 0 Å². The molecule has 4 heteroatoms. The lowest BCUT2D eigenvalue weighted by molar-refractivity contribution is -0.137. The van der Waals surface area contributed by atoms with Crippen LogP contribution in [0.3, 0.4) is 0 Å². The van der Waals surface area contributed by atoms with Crippen molar-refractivity contribution in [2.75, 3.05) is 26.2 Å². The Labute approximate surface area is 133 Å². The highest BCUT2D eigenvalue weighted by Crippen LogP contribution is 2.19. The Hall–Kier alpha value is -1.86. The van der Waals surface area contributed by atoms with E-state index in [4.69, 9.17) is 5.26 Å². The van der Waals surface area contributed by atoms with Gasteiger partial charge < -0.3 is 4.90 Å². The summed E-state index contributed by atoms with van der Waals surface area (Å²) in [5.41, 5.74) is 1.73. The summed E-state index contributed by atoms with van der Waals surface area (Å²) >= 11 is 0. The van der Waals surface area contributed by atoms with Crippen molar-refractivity contribution in [3.63, 3.8) is 0 Å². The first kappa shape index (κ1) is 16.5. The van der Waals surface area contributed by atoms with Crippen LogP contribution in [0, 0.1) is 23.7 Å². The molecule has 0 spiro atoms. The lowest BCUT2D eigenvalue weighted by Gasteiger charge is -2.27. The zero-order valence-electron chi connectivity index (χ0n) is 13.8. The van der Waals surface area contributed by atoms with Crippen LogP contribution in [0.2, 0.25) is 0 Å². The van der Waals surface area contributed by atoms with E-state index in [9.17, 15) is 4.79 Å². The summed E-state index contributed by atoms with van der Waals surface area (Å²) in [5, 5.41) is 9.13. The highest BCUT2D eigenvalue weighted by atomic mass is 16.2. The SMILES string of the molecule is Cc1ccccc1CN1CCCN(C(=O)C(C)(C)C#N)CC1. The fourth-order valence-corrected chi connectivity index (χ4v) is 2.80. The van der Waals surface area contributed by atoms with Crippen LogP contribution in [0.15, 0.2) is 24.3 Å². The largest absolute Gasteiger partial charge is 0.340 e. The van der Waals surface area contributed by atoms with E-state index in [1.54, 1.807) is 13.8 Å². The van der Waals surface area contributed by atoms with Crippen LogP contribution >= 0.6 is 0 Å². The zero-order valence-corrected chi connectivity index (χ0v) is 13.8. The molecule has 0 unspecified atom stereocenters. The van der Waals surface area contributed by atoms with E-state index in [1.807, 2.05) is 4.90 Å². The zero-order chi connectivity index (χ0) is 16.2. The molecule has 0 saturated carbocycles. The summed E-state index contributed by atoms with van der Waals surface area (Å²) in [4.78, 5) is 16.7. The van der Waals surface area contributed by atoms with Gasteiger partial charge in [-0.25, -0.2) is 0 Å². The Balaban J connectivity index is 1.97. The van der Waals surface area contributed by atoms with Gasteiger partial charge in [0.2, 0.25) is 5.91 Å². The average Bonchev–Trinajstić information content (AvgIpc) is 2.74. The van der Waals surface area contributed by atoms with Crippen LogP contribution in [0.25, 0.3) is 0 Å². The van der Waals surface area contributed by atoms with Gasteiger partial charge in [-0.3, -0.25) is 9.69 Å². The molecule has 0 radical (unpaired) electrons. The Morgan fingerprint density at radius 1 is 1.23 bits per heavy atom. The summed E-state index contributed by atoms with van der Waals surface area (Å²) in [7, 11) is 0. The first-order valence-electron chi connectivity index (χ1n) is 7.91. The van der Waals surface area contributed by atoms with E-state index < -0.39 is 5.41 Å². The normalized spacial score (nSPS) is 16.9. The predicted molar refractivity (Wildman–Crippen MR) is 87.0 cm³/mol. The molecule has 1 aromatic carbocycles. The molecule has 1 amide bonds. The van der Waals surface area contributed by atoms with Crippen molar-refractivity contribution in [3.8, 4) is 6.07 Å². The van der Waals surface area contributed by atoms with Gasteiger partial charge in [0.1, 0.15) is 5.41 Å². The highest BCUT2D eigenvalue weighted by molar-refractivity contribution is 5.84. The maximum absolute atomic E-state index is 12.4. The van der Waals surface area contributed by atoms with Crippen LogP contribution in [0.5, 0.6) is 0 Å². The lowest BCUT2D eigenvalue weighted by Crippen LogP contribution is -2.42. The number of carbonyl (C=O) groups is 1. The molecule has 0 aromatic heterocycles. The molecule has 0 N–H and O–H groups in total. The topological polar surface area (TPSA) is 47.3 Å². The molecule has 118 valence electrons. The summed E-state index contributed by atoms with van der Waals surface area (Å²) in [5.74, 6) is -0.0484. The van der Waals surface area contributed by atoms with Gasteiger partial charge in [-0.05, 0) is 38.3 Å². The van der Waals surface area contributed by atoms with Gasteiger partial charge in [-0.15, -0.1) is 0 Å². The van der Waals surface area contributed by atoms with Crippen LogP contribution in [0.1, 0.15) is 31.4 Å². The van der Waals surface area contributed by atoms with Gasteiger partial charge in [0.05, 0.1) is 6.07 Å². The standard InChI is InChI=1S/C18H25N3O/c1-15-7-4-5-8-16(15)13-20-9-6-10-21(12-11-20)17(22)18(2,3)14-19/h4-5,7-8H,6,9-13H2,1-3H3. The van der Waals surface area contributed by atoms with Crippen molar-refractivity contribution in [2.45, 2.75) is 33.7 Å². The molecular formula is C18H25N3O. The monoisotopic (exact) mass is 299 g/mol. The second-order valence-corrected chi connectivity index (χ2v) is 6.59. The van der Waals surface area contributed by atoms with Crippen LogP contribution in [-0.2, 0) is 11.3 Å². The number of amides is 1. The number of hydrogen-bond donors (Lipinski definition) is 0. The molecule has 1 fully saturated rings. The quantitative estimate of drug-likeness (QED) is 0.862. The Bertz CT molecular complexity index is 574. The minimum Gasteiger partial charge on any atom is -0.340 e. The van der Waals surface area contributed by atoms with E-state index in [1.165, 1.54) is 11.1 Å². The first-order chi connectivity index (χ1) is 10.4. The fraction of sp³-hybridized carbons (Fsp3) is 0.556. The number of nitrogens with zero attached hydrogens (tertiary/aromatic N) is 3. The van der Waals surface area contributed by atoms with Crippen molar-refractivity contribution in [1.29, 1.82) is 5.26 Å². The number of benzene rings is 1. The predicted octanol–water partition coefficient (Wildman–Crippen LogP) is 2.58. The maximum Gasteiger partial charge on any atom is 0.242 e. The number of rotatable bonds is 3. The summed E-state index contributed by atoms with van der Waals surface area (Å²) in [6, 6.07) is 10.6. The molecule has 4 nitrogen and oxygen atoms in total. The first-order valence-corrected chi connectivity index (χ1v) is 7.91. The molecule has 0 aliphatic carbocycles. The summed E-state index contributed by atoms with van der Waals surface area (Å²) in [6.07, 6.45) is 0.957. The third-order valence-electron chi connectivity index (χ3n) is 4.35. The Morgan fingerprint density at radius 2 is 1.95 bits per heavy atom. The summed E-state index contributed by atoms with van der Waals surface area (Å²) < 4.78 is 0. The molecule has 1 aromatic rings. The molecule has 1 saturated heterocycles. The minimum absolute atomic E-state index is 0.0484. The van der Waals surface area contributed by atoms with Crippen molar-refractivity contribution >= 4 is 5.91 Å². The Kier molecular flexibility index (Phi) is 5.20. The van der Waals surface area contributed by atoms with E-state index in [0.717, 1.165) is 32.6 Å². The molecule has 1 aliphatic heterocycles. The number of carbonyl (C=O) groups excluding carboxylic acids is 1. The number of aryl methyl sites for hydroxylation is 1. The van der Waals surface area contributed by atoms with Gasteiger partial charge in [0.15, 0.2) is 0 Å². The van der Waals surface area contributed by atoms with Crippen molar-refractivity contribution in [1.82, 2.24) is 9.80 Å². The van der Waals surface area contributed by atoms with E-state index in [0.29, 0.717) is 6.54 Å². The molecule has 1 aliphatic rings. The Morgan fingerprint density at radius 3 is 2.64 bits per heavy atom. The number of hydrogen-bond acceptors (Lipinski definition) is 3. The smallest absolute Gasteiger partial charge is 0.242 e. The van der Waals surface area contributed by atoms with Gasteiger partial charge in [-0.2, -0.15) is 5.26 Å². The van der Waals surface area contributed by atoms with E-state index >= 15 is 0 Å². The average molecular weight is 299 g/mol. The molecule has 0 bridgehead atoms. The highest BCUT2D eigenvalue weighted by Gasteiger charge is 2.32.